The number of carbonyl (C=O) groups excluding carboxylic acids is 1. The van der Waals surface area contributed by atoms with Crippen molar-refractivity contribution in [3.05, 3.63) is 94.8 Å². The third kappa shape index (κ3) is 6.00. The van der Waals surface area contributed by atoms with Crippen molar-refractivity contribution in [2.45, 2.75) is 50.7 Å². The molecule has 2 saturated heterocycles. The second-order valence-corrected chi connectivity index (χ2v) is 12.3. The molecule has 206 valence electrons. The SMILES string of the molecule is CO[C@H]1CN(C(=O)c2cc(C)ccc2C)C[C@@H]1Oc1cccc(CS(=O)(=O)N2CCC[C@@H]2c2ccccn2)c1. The van der Waals surface area contributed by atoms with Crippen LogP contribution in [0.25, 0.3) is 0 Å². The first-order chi connectivity index (χ1) is 18.7. The molecule has 0 bridgehead atoms. The summed E-state index contributed by atoms with van der Waals surface area (Å²) in [5.41, 5.74) is 4.08. The van der Waals surface area contributed by atoms with Gasteiger partial charge in [0.1, 0.15) is 18.0 Å². The normalized spacial score (nSPS) is 21.8. The molecular weight excluding hydrogens is 514 g/mol. The molecule has 0 N–H and O–H groups in total. The van der Waals surface area contributed by atoms with Gasteiger partial charge in [0.25, 0.3) is 5.91 Å². The van der Waals surface area contributed by atoms with E-state index in [0.717, 1.165) is 29.7 Å². The summed E-state index contributed by atoms with van der Waals surface area (Å²) >= 11 is 0. The van der Waals surface area contributed by atoms with Gasteiger partial charge >= 0.3 is 0 Å². The van der Waals surface area contributed by atoms with Gasteiger partial charge < -0.3 is 14.4 Å². The zero-order valence-corrected chi connectivity index (χ0v) is 23.4. The van der Waals surface area contributed by atoms with E-state index < -0.39 is 10.0 Å². The summed E-state index contributed by atoms with van der Waals surface area (Å²) in [4.78, 5) is 19.4. The minimum atomic E-state index is -3.57. The predicted octanol–water partition coefficient (Wildman–Crippen LogP) is 4.28. The highest BCUT2D eigenvalue weighted by Crippen LogP contribution is 2.34. The molecular formula is C30H35N3O5S. The van der Waals surface area contributed by atoms with Crippen molar-refractivity contribution in [2.24, 2.45) is 0 Å². The number of hydrogen-bond acceptors (Lipinski definition) is 6. The van der Waals surface area contributed by atoms with Crippen molar-refractivity contribution in [3.8, 4) is 5.75 Å². The van der Waals surface area contributed by atoms with Gasteiger partial charge in [-0.25, -0.2) is 8.42 Å². The van der Waals surface area contributed by atoms with E-state index in [0.29, 0.717) is 36.5 Å². The average molecular weight is 550 g/mol. The highest BCUT2D eigenvalue weighted by molar-refractivity contribution is 7.88. The number of hydrogen-bond donors (Lipinski definition) is 0. The number of aryl methyl sites for hydroxylation is 2. The van der Waals surface area contributed by atoms with E-state index in [4.69, 9.17) is 9.47 Å². The molecule has 0 unspecified atom stereocenters. The predicted molar refractivity (Wildman–Crippen MR) is 149 cm³/mol. The van der Waals surface area contributed by atoms with Crippen LogP contribution < -0.4 is 4.74 Å². The maximum Gasteiger partial charge on any atom is 0.254 e. The minimum Gasteiger partial charge on any atom is -0.486 e. The lowest BCUT2D eigenvalue weighted by Crippen LogP contribution is -2.32. The number of pyridine rings is 1. The van der Waals surface area contributed by atoms with Gasteiger partial charge in [0, 0.05) is 25.4 Å². The van der Waals surface area contributed by atoms with Crippen molar-refractivity contribution in [2.75, 3.05) is 26.7 Å². The van der Waals surface area contributed by atoms with Crippen molar-refractivity contribution in [1.29, 1.82) is 0 Å². The molecule has 0 spiro atoms. The van der Waals surface area contributed by atoms with Crippen LogP contribution in [0.4, 0.5) is 0 Å². The van der Waals surface area contributed by atoms with Crippen LogP contribution in [0.5, 0.6) is 5.75 Å². The lowest BCUT2D eigenvalue weighted by atomic mass is 10.0. The van der Waals surface area contributed by atoms with Crippen LogP contribution >= 0.6 is 0 Å². The van der Waals surface area contributed by atoms with E-state index in [-0.39, 0.29) is 29.9 Å². The minimum absolute atomic E-state index is 0.0442. The Morgan fingerprint density at radius 1 is 1.03 bits per heavy atom. The molecule has 0 radical (unpaired) electrons. The summed E-state index contributed by atoms with van der Waals surface area (Å²) in [6.07, 6.45) is 2.60. The Hall–Kier alpha value is -3.27. The van der Waals surface area contributed by atoms with E-state index in [9.17, 15) is 13.2 Å². The standard InChI is InChI=1S/C30H35N3O5S/c1-21-12-13-22(2)25(16-21)30(34)32-18-28(37-3)29(19-32)38-24-9-6-8-23(17-24)20-39(35,36)33-15-7-11-27(33)26-10-4-5-14-31-26/h4-6,8-10,12-14,16-17,27-29H,7,11,15,18-20H2,1-3H3/t27-,28+,29+/m1/s1. The number of methoxy groups -OCH3 is 1. The number of amides is 1. The molecule has 2 aliphatic rings. The number of carbonyl (C=O) groups is 1. The van der Waals surface area contributed by atoms with Gasteiger partial charge in [-0.05, 0) is 68.1 Å². The first-order valence-electron chi connectivity index (χ1n) is 13.3. The fourth-order valence-corrected chi connectivity index (χ4v) is 7.28. The molecule has 3 atom stereocenters. The highest BCUT2D eigenvalue weighted by atomic mass is 32.2. The molecule has 1 aromatic heterocycles. The Kier molecular flexibility index (Phi) is 8.02. The Labute approximate surface area is 230 Å². The number of benzene rings is 2. The van der Waals surface area contributed by atoms with Crippen LogP contribution in [0.15, 0.2) is 66.9 Å². The van der Waals surface area contributed by atoms with Gasteiger partial charge in [0.2, 0.25) is 10.0 Å². The van der Waals surface area contributed by atoms with Crippen molar-refractivity contribution < 1.29 is 22.7 Å². The highest BCUT2D eigenvalue weighted by Gasteiger charge is 2.38. The first kappa shape index (κ1) is 27.3. The van der Waals surface area contributed by atoms with E-state index in [1.54, 1.807) is 40.7 Å². The summed E-state index contributed by atoms with van der Waals surface area (Å²) in [5.74, 6) is 0.388. The smallest absolute Gasteiger partial charge is 0.254 e. The fraction of sp³-hybridized carbons (Fsp3) is 0.400. The Bertz CT molecular complexity index is 1430. The van der Waals surface area contributed by atoms with E-state index in [2.05, 4.69) is 4.98 Å². The summed E-state index contributed by atoms with van der Waals surface area (Å²) < 4.78 is 40.4. The maximum atomic E-state index is 13.4. The van der Waals surface area contributed by atoms with Crippen LogP contribution in [-0.4, -0.2) is 67.5 Å². The monoisotopic (exact) mass is 549 g/mol. The van der Waals surface area contributed by atoms with E-state index in [1.165, 1.54) is 0 Å². The van der Waals surface area contributed by atoms with Gasteiger partial charge in [0.15, 0.2) is 0 Å². The van der Waals surface area contributed by atoms with Gasteiger partial charge in [-0.1, -0.05) is 35.9 Å². The number of rotatable bonds is 8. The molecule has 0 aliphatic carbocycles. The number of likely N-dealkylation sites (tertiary alicyclic amines) is 1. The molecule has 2 fully saturated rings. The molecule has 39 heavy (non-hydrogen) atoms. The molecule has 9 heteroatoms. The lowest BCUT2D eigenvalue weighted by molar-refractivity contribution is 0.0339. The molecule has 2 aliphatic heterocycles. The molecule has 1 amide bonds. The summed E-state index contributed by atoms with van der Waals surface area (Å²) in [7, 11) is -1.95. The van der Waals surface area contributed by atoms with Crippen LogP contribution in [0.2, 0.25) is 0 Å². The molecule has 2 aromatic carbocycles. The Morgan fingerprint density at radius 3 is 2.62 bits per heavy atom. The first-order valence-corrected chi connectivity index (χ1v) is 14.9. The Balaban J connectivity index is 1.28. The number of aromatic nitrogens is 1. The molecule has 8 nitrogen and oxygen atoms in total. The number of nitrogens with zero attached hydrogens (tertiary/aromatic N) is 3. The van der Waals surface area contributed by atoms with E-state index in [1.807, 2.05) is 56.3 Å². The zero-order valence-electron chi connectivity index (χ0n) is 22.6. The molecule has 5 rings (SSSR count). The second-order valence-electron chi connectivity index (χ2n) is 10.4. The Morgan fingerprint density at radius 2 is 1.85 bits per heavy atom. The number of ether oxygens (including phenoxy) is 2. The third-order valence-corrected chi connectivity index (χ3v) is 9.40. The quantitative estimate of drug-likeness (QED) is 0.417. The molecule has 0 saturated carbocycles. The van der Waals surface area contributed by atoms with Gasteiger partial charge in [-0.2, -0.15) is 4.31 Å². The van der Waals surface area contributed by atoms with Crippen LogP contribution in [-0.2, 0) is 20.5 Å². The van der Waals surface area contributed by atoms with Crippen molar-refractivity contribution in [1.82, 2.24) is 14.2 Å². The lowest BCUT2D eigenvalue weighted by Gasteiger charge is -2.24. The summed E-state index contributed by atoms with van der Waals surface area (Å²) in [6.45, 7) is 5.20. The van der Waals surface area contributed by atoms with E-state index >= 15 is 0 Å². The maximum absolute atomic E-state index is 13.4. The third-order valence-electron chi connectivity index (χ3n) is 7.55. The van der Waals surface area contributed by atoms with Crippen LogP contribution in [0.3, 0.4) is 0 Å². The summed E-state index contributed by atoms with van der Waals surface area (Å²) in [5, 5.41) is 0. The number of sulfonamides is 1. The largest absolute Gasteiger partial charge is 0.486 e. The second kappa shape index (κ2) is 11.5. The summed E-state index contributed by atoms with van der Waals surface area (Å²) in [6, 6.07) is 18.4. The fourth-order valence-electron chi connectivity index (χ4n) is 5.50. The van der Waals surface area contributed by atoms with Gasteiger partial charge in [-0.3, -0.25) is 9.78 Å². The topological polar surface area (TPSA) is 89.0 Å². The molecule has 3 aromatic rings. The van der Waals surface area contributed by atoms with Crippen LogP contribution in [0, 0.1) is 13.8 Å². The van der Waals surface area contributed by atoms with Gasteiger partial charge in [0.05, 0.1) is 30.6 Å². The van der Waals surface area contributed by atoms with Gasteiger partial charge in [-0.15, -0.1) is 0 Å². The van der Waals surface area contributed by atoms with Crippen molar-refractivity contribution >= 4 is 15.9 Å². The van der Waals surface area contributed by atoms with Crippen LogP contribution in [0.1, 0.15) is 51.6 Å². The molecule has 3 heterocycles. The average Bonchev–Trinajstić information content (AvgIpc) is 3.58. The van der Waals surface area contributed by atoms with Crippen molar-refractivity contribution in [3.63, 3.8) is 0 Å². The zero-order chi connectivity index (χ0) is 27.6.